The molecule has 0 spiro atoms. The van der Waals surface area contributed by atoms with Crippen molar-refractivity contribution in [1.29, 1.82) is 0 Å². The molecule has 0 saturated heterocycles. The molecule has 3 atom stereocenters. The fourth-order valence-corrected chi connectivity index (χ4v) is 3.24. The second-order valence-electron chi connectivity index (χ2n) is 6.38. The van der Waals surface area contributed by atoms with Gasteiger partial charge in [-0.05, 0) is 49.4 Å². The van der Waals surface area contributed by atoms with E-state index in [1.165, 1.54) is 31.3 Å². The summed E-state index contributed by atoms with van der Waals surface area (Å²) in [5.41, 5.74) is 1.86. The predicted octanol–water partition coefficient (Wildman–Crippen LogP) is 5.05. The standard InChI is InChI=1S/C15H28/c1-11(2)7-10-14-12(3)8-9-13(4)15(14,5)6/h12-14H,1,7-10H2,2-6H3. The van der Waals surface area contributed by atoms with Crippen LogP contribution in [-0.4, -0.2) is 0 Å². The molecule has 0 radical (unpaired) electrons. The molecule has 88 valence electrons. The van der Waals surface area contributed by atoms with E-state index in [9.17, 15) is 0 Å². The lowest BCUT2D eigenvalue weighted by Gasteiger charge is -2.47. The Kier molecular flexibility index (Phi) is 4.03. The zero-order valence-corrected chi connectivity index (χ0v) is 11.3. The number of hydrogen-bond acceptors (Lipinski definition) is 0. The first-order chi connectivity index (χ1) is 6.85. The van der Waals surface area contributed by atoms with Crippen molar-refractivity contribution in [2.45, 2.75) is 60.3 Å². The third-order valence-corrected chi connectivity index (χ3v) is 4.85. The molecular formula is C15H28. The van der Waals surface area contributed by atoms with E-state index in [2.05, 4.69) is 41.2 Å². The zero-order chi connectivity index (χ0) is 11.6. The van der Waals surface area contributed by atoms with E-state index in [0.29, 0.717) is 5.41 Å². The summed E-state index contributed by atoms with van der Waals surface area (Å²) in [6, 6.07) is 0. The molecule has 0 N–H and O–H groups in total. The fourth-order valence-electron chi connectivity index (χ4n) is 3.24. The summed E-state index contributed by atoms with van der Waals surface area (Å²) in [6.45, 7) is 16.0. The molecule has 1 saturated carbocycles. The Hall–Kier alpha value is -0.260. The maximum absolute atomic E-state index is 4.03. The topological polar surface area (TPSA) is 0 Å². The van der Waals surface area contributed by atoms with Crippen molar-refractivity contribution >= 4 is 0 Å². The van der Waals surface area contributed by atoms with Crippen molar-refractivity contribution in [1.82, 2.24) is 0 Å². The Bertz CT molecular complexity index is 224. The monoisotopic (exact) mass is 208 g/mol. The summed E-state index contributed by atoms with van der Waals surface area (Å²) < 4.78 is 0. The highest BCUT2D eigenvalue weighted by atomic mass is 14.5. The van der Waals surface area contributed by atoms with Gasteiger partial charge in [-0.25, -0.2) is 0 Å². The molecule has 0 heteroatoms. The molecule has 15 heavy (non-hydrogen) atoms. The molecular weight excluding hydrogens is 180 g/mol. The van der Waals surface area contributed by atoms with Crippen LogP contribution in [0.2, 0.25) is 0 Å². The number of rotatable bonds is 3. The molecule has 1 fully saturated rings. The van der Waals surface area contributed by atoms with Gasteiger partial charge < -0.3 is 0 Å². The molecule has 0 nitrogen and oxygen atoms in total. The Morgan fingerprint density at radius 2 is 1.87 bits per heavy atom. The van der Waals surface area contributed by atoms with Crippen molar-refractivity contribution in [3.05, 3.63) is 12.2 Å². The Labute approximate surface area is 96.2 Å². The Balaban J connectivity index is 2.67. The van der Waals surface area contributed by atoms with E-state index in [1.807, 2.05) is 0 Å². The summed E-state index contributed by atoms with van der Waals surface area (Å²) in [6.07, 6.45) is 5.39. The van der Waals surface area contributed by atoms with Gasteiger partial charge in [-0.1, -0.05) is 39.7 Å². The zero-order valence-electron chi connectivity index (χ0n) is 11.3. The highest BCUT2D eigenvalue weighted by Crippen LogP contribution is 2.49. The van der Waals surface area contributed by atoms with Crippen LogP contribution in [0.4, 0.5) is 0 Å². The molecule has 1 aliphatic carbocycles. The van der Waals surface area contributed by atoms with Crippen LogP contribution in [0.25, 0.3) is 0 Å². The second-order valence-corrected chi connectivity index (χ2v) is 6.38. The number of hydrogen-bond donors (Lipinski definition) is 0. The van der Waals surface area contributed by atoms with Crippen molar-refractivity contribution in [2.24, 2.45) is 23.2 Å². The molecule has 1 rings (SSSR count). The lowest BCUT2D eigenvalue weighted by molar-refractivity contribution is 0.0227. The molecule has 1 aliphatic rings. The van der Waals surface area contributed by atoms with Crippen LogP contribution < -0.4 is 0 Å². The minimum atomic E-state index is 0.521. The van der Waals surface area contributed by atoms with Crippen LogP contribution in [0.1, 0.15) is 60.3 Å². The maximum atomic E-state index is 4.03. The van der Waals surface area contributed by atoms with Crippen LogP contribution >= 0.6 is 0 Å². The molecule has 0 aromatic heterocycles. The SMILES string of the molecule is C=C(C)CCC1C(C)CCC(C)C1(C)C. The normalized spacial score (nSPS) is 35.1. The molecule has 0 aliphatic heterocycles. The lowest BCUT2D eigenvalue weighted by Crippen LogP contribution is -2.39. The summed E-state index contributed by atoms with van der Waals surface area (Å²) in [5, 5.41) is 0. The van der Waals surface area contributed by atoms with Crippen molar-refractivity contribution in [2.75, 3.05) is 0 Å². The quantitative estimate of drug-likeness (QED) is 0.569. The Morgan fingerprint density at radius 3 is 2.40 bits per heavy atom. The largest absolute Gasteiger partial charge is 0.100 e. The van der Waals surface area contributed by atoms with Crippen LogP contribution in [0.5, 0.6) is 0 Å². The molecule has 0 aromatic carbocycles. The average Bonchev–Trinajstić information content (AvgIpc) is 2.11. The van der Waals surface area contributed by atoms with Crippen molar-refractivity contribution in [3.63, 3.8) is 0 Å². The van der Waals surface area contributed by atoms with Gasteiger partial charge in [-0.15, -0.1) is 6.58 Å². The summed E-state index contributed by atoms with van der Waals surface area (Å²) in [7, 11) is 0. The molecule has 0 amide bonds. The predicted molar refractivity (Wildman–Crippen MR) is 68.9 cm³/mol. The van der Waals surface area contributed by atoms with Crippen LogP contribution in [0, 0.1) is 23.2 Å². The van der Waals surface area contributed by atoms with Gasteiger partial charge in [-0.2, -0.15) is 0 Å². The molecule has 3 unspecified atom stereocenters. The van der Waals surface area contributed by atoms with E-state index >= 15 is 0 Å². The van der Waals surface area contributed by atoms with Gasteiger partial charge in [0, 0.05) is 0 Å². The molecule has 0 heterocycles. The molecule has 0 aromatic rings. The minimum absolute atomic E-state index is 0.521. The van der Waals surface area contributed by atoms with Gasteiger partial charge in [0.15, 0.2) is 0 Å². The van der Waals surface area contributed by atoms with Gasteiger partial charge in [0.1, 0.15) is 0 Å². The summed E-state index contributed by atoms with van der Waals surface area (Å²) in [4.78, 5) is 0. The third kappa shape index (κ3) is 2.86. The first kappa shape index (κ1) is 12.8. The van der Waals surface area contributed by atoms with Gasteiger partial charge in [-0.3, -0.25) is 0 Å². The van der Waals surface area contributed by atoms with Gasteiger partial charge in [0.05, 0.1) is 0 Å². The molecule has 0 bridgehead atoms. The lowest BCUT2D eigenvalue weighted by atomic mass is 9.58. The fraction of sp³-hybridized carbons (Fsp3) is 0.867. The van der Waals surface area contributed by atoms with Crippen molar-refractivity contribution < 1.29 is 0 Å². The van der Waals surface area contributed by atoms with Crippen LogP contribution in [-0.2, 0) is 0 Å². The van der Waals surface area contributed by atoms with Gasteiger partial charge >= 0.3 is 0 Å². The van der Waals surface area contributed by atoms with Gasteiger partial charge in [0.2, 0.25) is 0 Å². The first-order valence-corrected chi connectivity index (χ1v) is 6.50. The highest BCUT2D eigenvalue weighted by Gasteiger charge is 2.40. The Morgan fingerprint density at radius 1 is 1.27 bits per heavy atom. The summed E-state index contributed by atoms with van der Waals surface area (Å²) in [5.74, 6) is 2.66. The smallest absolute Gasteiger partial charge is 0.0298 e. The van der Waals surface area contributed by atoms with E-state index in [1.54, 1.807) is 0 Å². The van der Waals surface area contributed by atoms with E-state index < -0.39 is 0 Å². The summed E-state index contributed by atoms with van der Waals surface area (Å²) >= 11 is 0. The van der Waals surface area contributed by atoms with E-state index in [4.69, 9.17) is 0 Å². The average molecular weight is 208 g/mol. The second kappa shape index (κ2) is 4.72. The highest BCUT2D eigenvalue weighted by molar-refractivity contribution is 4.95. The number of allylic oxidation sites excluding steroid dienone is 1. The third-order valence-electron chi connectivity index (χ3n) is 4.85. The van der Waals surface area contributed by atoms with Crippen LogP contribution in [0.15, 0.2) is 12.2 Å². The van der Waals surface area contributed by atoms with Crippen LogP contribution in [0.3, 0.4) is 0 Å². The van der Waals surface area contributed by atoms with Crippen molar-refractivity contribution in [3.8, 4) is 0 Å². The van der Waals surface area contributed by atoms with E-state index in [0.717, 1.165) is 17.8 Å². The maximum Gasteiger partial charge on any atom is -0.0298 e. The van der Waals surface area contributed by atoms with E-state index in [-0.39, 0.29) is 0 Å². The van der Waals surface area contributed by atoms with Gasteiger partial charge in [0.25, 0.3) is 0 Å². The minimum Gasteiger partial charge on any atom is -0.100 e. The first-order valence-electron chi connectivity index (χ1n) is 6.50.